The number of halogens is 2. The second-order valence-corrected chi connectivity index (χ2v) is 4.15. The van der Waals surface area contributed by atoms with E-state index in [-0.39, 0.29) is 5.56 Å². The number of carbonyl (C=O) groups excluding carboxylic acids is 1. The lowest BCUT2D eigenvalue weighted by atomic mass is 10.1. The van der Waals surface area contributed by atoms with Gasteiger partial charge >= 0.3 is 0 Å². The first-order valence-corrected chi connectivity index (χ1v) is 5.95. The standard InChI is InChI=1S/C15H13F2NO2/c1-20-9-10-5-2-3-8-13(10)18-15(19)11-6-4-7-12(16)14(11)17/h2-8H,9H2,1H3,(H,18,19). The van der Waals surface area contributed by atoms with E-state index in [2.05, 4.69) is 5.32 Å². The molecule has 104 valence electrons. The molecule has 2 rings (SSSR count). The van der Waals surface area contributed by atoms with E-state index < -0.39 is 17.5 Å². The number of ether oxygens (including phenoxy) is 1. The fourth-order valence-corrected chi connectivity index (χ4v) is 1.79. The number of anilines is 1. The molecule has 0 aliphatic rings. The Morgan fingerprint density at radius 3 is 2.65 bits per heavy atom. The molecule has 0 bridgehead atoms. The molecule has 0 fully saturated rings. The highest BCUT2D eigenvalue weighted by Crippen LogP contribution is 2.18. The smallest absolute Gasteiger partial charge is 0.258 e. The van der Waals surface area contributed by atoms with Crippen LogP contribution in [0.4, 0.5) is 14.5 Å². The van der Waals surface area contributed by atoms with E-state index in [1.807, 2.05) is 0 Å². The summed E-state index contributed by atoms with van der Waals surface area (Å²) in [5, 5.41) is 2.55. The van der Waals surface area contributed by atoms with Crippen molar-refractivity contribution >= 4 is 11.6 Å². The van der Waals surface area contributed by atoms with Gasteiger partial charge < -0.3 is 10.1 Å². The number of hydrogen-bond acceptors (Lipinski definition) is 2. The summed E-state index contributed by atoms with van der Waals surface area (Å²) < 4.78 is 31.7. The molecule has 1 N–H and O–H groups in total. The molecule has 0 saturated heterocycles. The van der Waals surface area contributed by atoms with Crippen LogP contribution in [0.25, 0.3) is 0 Å². The van der Waals surface area contributed by atoms with Crippen LogP contribution in [-0.2, 0) is 11.3 Å². The molecule has 3 nitrogen and oxygen atoms in total. The normalized spacial score (nSPS) is 10.3. The highest BCUT2D eigenvalue weighted by molar-refractivity contribution is 6.04. The number of carbonyl (C=O) groups is 1. The highest BCUT2D eigenvalue weighted by atomic mass is 19.2. The predicted octanol–water partition coefficient (Wildman–Crippen LogP) is 3.36. The molecule has 0 spiro atoms. The van der Waals surface area contributed by atoms with E-state index in [0.717, 1.165) is 11.6 Å². The number of nitrogens with one attached hydrogen (secondary N) is 1. The SMILES string of the molecule is COCc1ccccc1NC(=O)c1cccc(F)c1F. The van der Waals surface area contributed by atoms with Crippen molar-refractivity contribution < 1.29 is 18.3 Å². The Balaban J connectivity index is 2.26. The molecule has 2 aromatic rings. The lowest BCUT2D eigenvalue weighted by Crippen LogP contribution is -2.15. The zero-order valence-corrected chi connectivity index (χ0v) is 10.8. The van der Waals surface area contributed by atoms with E-state index in [9.17, 15) is 13.6 Å². The molecular formula is C15H13F2NO2. The van der Waals surface area contributed by atoms with E-state index >= 15 is 0 Å². The molecule has 0 unspecified atom stereocenters. The Labute approximate surface area is 115 Å². The van der Waals surface area contributed by atoms with Crippen molar-refractivity contribution in [2.24, 2.45) is 0 Å². The monoisotopic (exact) mass is 277 g/mol. The summed E-state index contributed by atoms with van der Waals surface area (Å²) in [6.45, 7) is 0.308. The first-order chi connectivity index (χ1) is 9.63. The first kappa shape index (κ1) is 14.1. The van der Waals surface area contributed by atoms with Gasteiger partial charge in [0, 0.05) is 18.4 Å². The maximum atomic E-state index is 13.5. The summed E-state index contributed by atoms with van der Waals surface area (Å²) in [7, 11) is 1.53. The molecule has 0 heterocycles. The highest BCUT2D eigenvalue weighted by Gasteiger charge is 2.16. The summed E-state index contributed by atoms with van der Waals surface area (Å²) in [5.74, 6) is -2.91. The number of methoxy groups -OCH3 is 1. The fraction of sp³-hybridized carbons (Fsp3) is 0.133. The molecular weight excluding hydrogens is 264 g/mol. The molecule has 1 amide bonds. The minimum absolute atomic E-state index is 0.308. The Morgan fingerprint density at radius 2 is 1.90 bits per heavy atom. The van der Waals surface area contributed by atoms with Crippen molar-refractivity contribution in [1.29, 1.82) is 0 Å². The molecule has 2 aromatic carbocycles. The third-order valence-electron chi connectivity index (χ3n) is 2.76. The van der Waals surface area contributed by atoms with Crippen molar-refractivity contribution in [3.05, 3.63) is 65.2 Å². The fourth-order valence-electron chi connectivity index (χ4n) is 1.79. The van der Waals surface area contributed by atoms with Crippen molar-refractivity contribution in [3.8, 4) is 0 Å². The maximum Gasteiger partial charge on any atom is 0.258 e. The second kappa shape index (κ2) is 6.25. The third kappa shape index (κ3) is 3.00. The van der Waals surface area contributed by atoms with Gasteiger partial charge in [0.1, 0.15) is 0 Å². The Morgan fingerprint density at radius 1 is 1.15 bits per heavy atom. The third-order valence-corrected chi connectivity index (χ3v) is 2.76. The van der Waals surface area contributed by atoms with Crippen molar-refractivity contribution in [3.63, 3.8) is 0 Å². The molecule has 0 saturated carbocycles. The van der Waals surface area contributed by atoms with E-state index in [0.29, 0.717) is 12.3 Å². The predicted molar refractivity (Wildman–Crippen MR) is 71.5 cm³/mol. The van der Waals surface area contributed by atoms with Crippen LogP contribution in [0, 0.1) is 11.6 Å². The van der Waals surface area contributed by atoms with Crippen LogP contribution in [0.1, 0.15) is 15.9 Å². The number of para-hydroxylation sites is 1. The Bertz CT molecular complexity index is 629. The quantitative estimate of drug-likeness (QED) is 0.930. The molecule has 0 aliphatic carbocycles. The van der Waals surface area contributed by atoms with Gasteiger partial charge in [-0.25, -0.2) is 8.78 Å². The summed E-state index contributed by atoms with van der Waals surface area (Å²) in [6, 6.07) is 10.5. The second-order valence-electron chi connectivity index (χ2n) is 4.15. The molecule has 5 heteroatoms. The summed E-state index contributed by atoms with van der Waals surface area (Å²) in [6.07, 6.45) is 0. The van der Waals surface area contributed by atoms with Crippen LogP contribution in [-0.4, -0.2) is 13.0 Å². The summed E-state index contributed by atoms with van der Waals surface area (Å²) >= 11 is 0. The lowest BCUT2D eigenvalue weighted by Gasteiger charge is -2.11. The van der Waals surface area contributed by atoms with Crippen molar-refractivity contribution in [2.45, 2.75) is 6.61 Å². The van der Waals surface area contributed by atoms with E-state index in [1.54, 1.807) is 24.3 Å². The summed E-state index contributed by atoms with van der Waals surface area (Å²) in [5.41, 5.74) is 0.917. The van der Waals surface area contributed by atoms with Crippen LogP contribution in [0.2, 0.25) is 0 Å². The molecule has 0 aliphatic heterocycles. The summed E-state index contributed by atoms with van der Waals surface area (Å²) in [4.78, 5) is 12.0. The number of rotatable bonds is 4. The van der Waals surface area contributed by atoms with Gasteiger partial charge in [-0.3, -0.25) is 4.79 Å². The molecule has 0 atom stereocenters. The van der Waals surface area contributed by atoms with Crippen molar-refractivity contribution in [2.75, 3.05) is 12.4 Å². The first-order valence-electron chi connectivity index (χ1n) is 5.95. The van der Waals surface area contributed by atoms with Gasteiger partial charge in [0.25, 0.3) is 5.91 Å². The van der Waals surface area contributed by atoms with Gasteiger partial charge in [0.2, 0.25) is 0 Å². The van der Waals surface area contributed by atoms with Crippen LogP contribution in [0.5, 0.6) is 0 Å². The van der Waals surface area contributed by atoms with Gasteiger partial charge in [-0.2, -0.15) is 0 Å². The Kier molecular flexibility index (Phi) is 4.42. The van der Waals surface area contributed by atoms with Crippen LogP contribution in [0.3, 0.4) is 0 Å². The van der Waals surface area contributed by atoms with Gasteiger partial charge in [-0.15, -0.1) is 0 Å². The molecule has 0 radical (unpaired) electrons. The number of hydrogen-bond donors (Lipinski definition) is 1. The van der Waals surface area contributed by atoms with Crippen LogP contribution in [0.15, 0.2) is 42.5 Å². The number of amides is 1. The minimum atomic E-state index is -1.16. The van der Waals surface area contributed by atoms with Gasteiger partial charge in [0.05, 0.1) is 12.2 Å². The topological polar surface area (TPSA) is 38.3 Å². The van der Waals surface area contributed by atoms with Crippen LogP contribution < -0.4 is 5.32 Å². The van der Waals surface area contributed by atoms with Gasteiger partial charge in [0.15, 0.2) is 11.6 Å². The Hall–Kier alpha value is -2.27. The zero-order valence-electron chi connectivity index (χ0n) is 10.8. The van der Waals surface area contributed by atoms with Crippen LogP contribution >= 0.6 is 0 Å². The zero-order chi connectivity index (χ0) is 14.5. The van der Waals surface area contributed by atoms with Gasteiger partial charge in [-0.1, -0.05) is 24.3 Å². The minimum Gasteiger partial charge on any atom is -0.380 e. The number of benzene rings is 2. The van der Waals surface area contributed by atoms with Gasteiger partial charge in [-0.05, 0) is 18.2 Å². The van der Waals surface area contributed by atoms with Crippen molar-refractivity contribution in [1.82, 2.24) is 0 Å². The molecule has 0 aromatic heterocycles. The largest absolute Gasteiger partial charge is 0.380 e. The lowest BCUT2D eigenvalue weighted by molar-refractivity contribution is 0.102. The van der Waals surface area contributed by atoms with E-state index in [1.165, 1.54) is 19.2 Å². The molecule has 20 heavy (non-hydrogen) atoms. The average molecular weight is 277 g/mol. The van der Waals surface area contributed by atoms with E-state index in [4.69, 9.17) is 4.74 Å². The maximum absolute atomic E-state index is 13.5. The average Bonchev–Trinajstić information content (AvgIpc) is 2.44.